The fourth-order valence-electron chi connectivity index (χ4n) is 2.81. The van der Waals surface area contributed by atoms with Gasteiger partial charge in [-0.1, -0.05) is 18.2 Å². The predicted molar refractivity (Wildman–Crippen MR) is 105 cm³/mol. The molecule has 0 amide bonds. The standard InChI is InChI=1S/C20H25N5O/c1-15-7-8-16(18(12-15)26-3)13-23-20(21-2)22-10-9-17-14-25-11-5-4-6-19(25)24-17/h4-8,11-12,14H,9-10,13H2,1-3H3,(H2,21,22,23). The summed E-state index contributed by atoms with van der Waals surface area (Å²) in [7, 11) is 3.47. The maximum Gasteiger partial charge on any atom is 0.191 e. The highest BCUT2D eigenvalue weighted by molar-refractivity contribution is 5.79. The zero-order valence-electron chi connectivity index (χ0n) is 15.5. The number of nitrogens with one attached hydrogen (secondary N) is 2. The summed E-state index contributed by atoms with van der Waals surface area (Å²) in [6.07, 6.45) is 4.90. The zero-order valence-corrected chi connectivity index (χ0v) is 15.5. The van der Waals surface area contributed by atoms with E-state index in [2.05, 4.69) is 45.9 Å². The molecule has 0 aliphatic heterocycles. The van der Waals surface area contributed by atoms with E-state index in [-0.39, 0.29) is 0 Å². The third kappa shape index (κ3) is 4.33. The van der Waals surface area contributed by atoms with Gasteiger partial charge in [-0.2, -0.15) is 0 Å². The van der Waals surface area contributed by atoms with Gasteiger partial charge in [0.15, 0.2) is 5.96 Å². The molecule has 2 heterocycles. The van der Waals surface area contributed by atoms with Crippen LogP contribution in [0.1, 0.15) is 16.8 Å². The van der Waals surface area contributed by atoms with E-state index in [0.717, 1.165) is 41.6 Å². The summed E-state index contributed by atoms with van der Waals surface area (Å²) in [6.45, 7) is 3.46. The number of aromatic nitrogens is 2. The summed E-state index contributed by atoms with van der Waals surface area (Å²) in [4.78, 5) is 8.88. The molecular weight excluding hydrogens is 326 g/mol. The van der Waals surface area contributed by atoms with Crippen LogP contribution in [0.25, 0.3) is 5.65 Å². The number of hydrogen-bond donors (Lipinski definition) is 2. The molecule has 136 valence electrons. The molecule has 2 N–H and O–H groups in total. The number of aryl methyl sites for hydroxylation is 1. The Labute approximate surface area is 153 Å². The average Bonchev–Trinajstić information content (AvgIpc) is 3.08. The van der Waals surface area contributed by atoms with E-state index < -0.39 is 0 Å². The molecule has 0 radical (unpaired) electrons. The van der Waals surface area contributed by atoms with E-state index in [9.17, 15) is 0 Å². The smallest absolute Gasteiger partial charge is 0.191 e. The largest absolute Gasteiger partial charge is 0.496 e. The van der Waals surface area contributed by atoms with Crippen molar-refractivity contribution in [1.29, 1.82) is 0 Å². The second-order valence-corrected chi connectivity index (χ2v) is 6.12. The van der Waals surface area contributed by atoms with Crippen molar-refractivity contribution in [2.45, 2.75) is 19.9 Å². The average molecular weight is 351 g/mol. The number of rotatable bonds is 6. The normalized spacial score (nSPS) is 11.6. The van der Waals surface area contributed by atoms with Crippen molar-refractivity contribution in [3.63, 3.8) is 0 Å². The van der Waals surface area contributed by atoms with Crippen molar-refractivity contribution >= 4 is 11.6 Å². The first-order valence-corrected chi connectivity index (χ1v) is 8.70. The summed E-state index contributed by atoms with van der Waals surface area (Å²) < 4.78 is 7.48. The zero-order chi connectivity index (χ0) is 18.4. The molecule has 0 fully saturated rings. The first-order chi connectivity index (χ1) is 12.7. The van der Waals surface area contributed by atoms with Crippen molar-refractivity contribution in [3.8, 4) is 5.75 Å². The molecule has 6 heteroatoms. The Morgan fingerprint density at radius 3 is 2.88 bits per heavy atom. The number of imidazole rings is 1. The third-order valence-electron chi connectivity index (χ3n) is 4.20. The van der Waals surface area contributed by atoms with Gasteiger partial charge in [-0.05, 0) is 30.7 Å². The lowest BCUT2D eigenvalue weighted by Gasteiger charge is -2.14. The summed E-state index contributed by atoms with van der Waals surface area (Å²) in [5.74, 6) is 1.65. The first-order valence-electron chi connectivity index (χ1n) is 8.70. The van der Waals surface area contributed by atoms with Gasteiger partial charge in [-0.25, -0.2) is 4.98 Å². The summed E-state index contributed by atoms with van der Waals surface area (Å²) >= 11 is 0. The lowest BCUT2D eigenvalue weighted by atomic mass is 10.1. The fourth-order valence-corrected chi connectivity index (χ4v) is 2.81. The van der Waals surface area contributed by atoms with Crippen LogP contribution in [0.15, 0.2) is 53.8 Å². The van der Waals surface area contributed by atoms with E-state index in [0.29, 0.717) is 6.54 Å². The number of methoxy groups -OCH3 is 1. The molecule has 26 heavy (non-hydrogen) atoms. The molecule has 0 saturated carbocycles. The predicted octanol–water partition coefficient (Wildman–Crippen LogP) is 2.56. The maximum absolute atomic E-state index is 5.45. The molecule has 0 atom stereocenters. The van der Waals surface area contributed by atoms with Gasteiger partial charge in [0, 0.05) is 44.5 Å². The van der Waals surface area contributed by atoms with Crippen LogP contribution in [0.2, 0.25) is 0 Å². The van der Waals surface area contributed by atoms with Crippen LogP contribution in [0.4, 0.5) is 0 Å². The first kappa shape index (κ1) is 17.8. The second kappa shape index (κ2) is 8.38. The molecule has 3 rings (SSSR count). The van der Waals surface area contributed by atoms with Crippen LogP contribution < -0.4 is 15.4 Å². The Bertz CT molecular complexity index is 867. The summed E-state index contributed by atoms with van der Waals surface area (Å²) in [5, 5.41) is 6.66. The molecule has 0 aliphatic rings. The monoisotopic (exact) mass is 351 g/mol. The highest BCUT2D eigenvalue weighted by atomic mass is 16.5. The fraction of sp³-hybridized carbons (Fsp3) is 0.300. The quantitative estimate of drug-likeness (QED) is 0.529. The highest BCUT2D eigenvalue weighted by Gasteiger charge is 2.05. The van der Waals surface area contributed by atoms with Gasteiger partial charge in [0.05, 0.1) is 12.8 Å². The number of aliphatic imine (C=N–C) groups is 1. The molecule has 3 aromatic rings. The lowest BCUT2D eigenvalue weighted by Crippen LogP contribution is -2.37. The van der Waals surface area contributed by atoms with Crippen LogP contribution in [0, 0.1) is 6.92 Å². The molecular formula is C20H25N5O. The third-order valence-corrected chi connectivity index (χ3v) is 4.20. The van der Waals surface area contributed by atoms with Gasteiger partial charge >= 0.3 is 0 Å². The van der Waals surface area contributed by atoms with E-state index in [1.807, 2.05) is 34.9 Å². The molecule has 0 bridgehead atoms. The van der Waals surface area contributed by atoms with Gasteiger partial charge in [-0.15, -0.1) is 0 Å². The Hall–Kier alpha value is -3.02. The highest BCUT2D eigenvalue weighted by Crippen LogP contribution is 2.19. The van der Waals surface area contributed by atoms with Crippen molar-refractivity contribution in [1.82, 2.24) is 20.0 Å². The van der Waals surface area contributed by atoms with E-state index in [4.69, 9.17) is 4.74 Å². The molecule has 0 saturated heterocycles. The Kier molecular flexibility index (Phi) is 5.73. The Balaban J connectivity index is 1.52. The molecule has 2 aromatic heterocycles. The van der Waals surface area contributed by atoms with Crippen molar-refractivity contribution < 1.29 is 4.74 Å². The van der Waals surface area contributed by atoms with Crippen molar-refractivity contribution in [2.75, 3.05) is 20.7 Å². The van der Waals surface area contributed by atoms with Gasteiger partial charge in [0.1, 0.15) is 11.4 Å². The summed E-state index contributed by atoms with van der Waals surface area (Å²) in [5.41, 5.74) is 4.30. The number of hydrogen-bond acceptors (Lipinski definition) is 3. The molecule has 1 aromatic carbocycles. The van der Waals surface area contributed by atoms with Crippen LogP contribution in [-0.2, 0) is 13.0 Å². The van der Waals surface area contributed by atoms with Crippen LogP contribution in [0.3, 0.4) is 0 Å². The minimum Gasteiger partial charge on any atom is -0.496 e. The van der Waals surface area contributed by atoms with E-state index in [1.165, 1.54) is 5.56 Å². The topological polar surface area (TPSA) is 63.0 Å². The number of pyridine rings is 1. The Morgan fingerprint density at radius 1 is 1.23 bits per heavy atom. The SMILES string of the molecule is CN=C(NCCc1cn2ccccc2n1)NCc1ccc(C)cc1OC. The number of nitrogens with zero attached hydrogens (tertiary/aromatic N) is 3. The maximum atomic E-state index is 5.45. The molecule has 0 spiro atoms. The summed E-state index contributed by atoms with van der Waals surface area (Å²) in [6, 6.07) is 12.2. The van der Waals surface area contributed by atoms with Gasteiger partial charge < -0.3 is 19.8 Å². The second-order valence-electron chi connectivity index (χ2n) is 6.12. The van der Waals surface area contributed by atoms with E-state index in [1.54, 1.807) is 14.2 Å². The lowest BCUT2D eigenvalue weighted by molar-refractivity contribution is 0.408. The minimum atomic E-state index is 0.650. The number of benzene rings is 1. The van der Waals surface area contributed by atoms with Crippen molar-refractivity contribution in [2.24, 2.45) is 4.99 Å². The molecule has 0 aliphatic carbocycles. The molecule has 0 unspecified atom stereocenters. The Morgan fingerprint density at radius 2 is 2.12 bits per heavy atom. The number of ether oxygens (including phenoxy) is 1. The number of fused-ring (bicyclic) bond motifs is 1. The van der Waals surface area contributed by atoms with Gasteiger partial charge in [0.2, 0.25) is 0 Å². The molecule has 6 nitrogen and oxygen atoms in total. The van der Waals surface area contributed by atoms with Crippen molar-refractivity contribution in [3.05, 3.63) is 65.6 Å². The van der Waals surface area contributed by atoms with Gasteiger partial charge in [-0.3, -0.25) is 4.99 Å². The van der Waals surface area contributed by atoms with Gasteiger partial charge in [0.25, 0.3) is 0 Å². The minimum absolute atomic E-state index is 0.650. The van der Waals surface area contributed by atoms with Crippen LogP contribution in [-0.4, -0.2) is 36.0 Å². The van der Waals surface area contributed by atoms with Crippen LogP contribution >= 0.6 is 0 Å². The van der Waals surface area contributed by atoms with E-state index >= 15 is 0 Å². The number of guanidine groups is 1. The van der Waals surface area contributed by atoms with Crippen LogP contribution in [0.5, 0.6) is 5.75 Å².